The number of rotatable bonds is 11. The van der Waals surface area contributed by atoms with Crippen molar-refractivity contribution in [1.82, 2.24) is 0 Å². The minimum atomic E-state index is 1.01. The summed E-state index contributed by atoms with van der Waals surface area (Å²) in [5, 5.41) is 0. The van der Waals surface area contributed by atoms with Gasteiger partial charge in [0, 0.05) is 5.70 Å². The molecule has 0 aromatic heterocycles. The molecule has 17 heavy (non-hydrogen) atoms. The number of hydrogen-bond acceptors (Lipinski definition) is 1. The molecule has 0 aliphatic rings. The lowest BCUT2D eigenvalue weighted by Gasteiger charge is -2.08. The van der Waals surface area contributed by atoms with Crippen LogP contribution in [0.3, 0.4) is 0 Å². The maximum atomic E-state index is 6.00. The molecule has 0 saturated heterocycles. The van der Waals surface area contributed by atoms with Gasteiger partial charge in [0.25, 0.3) is 0 Å². The number of unbranched alkanes of at least 4 members (excludes halogenated alkanes) is 7. The highest BCUT2D eigenvalue weighted by molar-refractivity contribution is 5.09. The molecule has 0 radical (unpaired) electrons. The van der Waals surface area contributed by atoms with Gasteiger partial charge in [-0.25, -0.2) is 0 Å². The molecule has 0 heterocycles. The van der Waals surface area contributed by atoms with Crippen LogP contribution in [0, 0.1) is 0 Å². The Morgan fingerprint density at radius 2 is 1.24 bits per heavy atom. The molecule has 0 amide bonds. The molecule has 0 aromatic carbocycles. The van der Waals surface area contributed by atoms with Gasteiger partial charge in [-0.1, -0.05) is 71.3 Å². The zero-order valence-electron chi connectivity index (χ0n) is 12.4. The molecular formula is C16H33N. The molecule has 0 unspecified atom stereocenters. The van der Waals surface area contributed by atoms with Crippen LogP contribution in [0.2, 0.25) is 0 Å². The molecule has 0 saturated carbocycles. The van der Waals surface area contributed by atoms with Crippen LogP contribution in [0.15, 0.2) is 11.3 Å². The summed E-state index contributed by atoms with van der Waals surface area (Å²) in [7, 11) is 0. The van der Waals surface area contributed by atoms with Crippen molar-refractivity contribution in [3.05, 3.63) is 11.3 Å². The Kier molecular flexibility index (Phi) is 11.7. The lowest BCUT2D eigenvalue weighted by atomic mass is 10.0. The first-order chi connectivity index (χ1) is 8.26. The van der Waals surface area contributed by atoms with Gasteiger partial charge in [0.2, 0.25) is 0 Å². The first-order valence-corrected chi connectivity index (χ1v) is 7.72. The van der Waals surface area contributed by atoms with E-state index in [1.165, 1.54) is 63.4 Å². The third kappa shape index (κ3) is 9.26. The molecule has 0 rings (SSSR count). The lowest BCUT2D eigenvalue weighted by Crippen LogP contribution is -2.01. The van der Waals surface area contributed by atoms with Gasteiger partial charge >= 0.3 is 0 Å². The lowest BCUT2D eigenvalue weighted by molar-refractivity contribution is 0.572. The summed E-state index contributed by atoms with van der Waals surface area (Å²) in [4.78, 5) is 0. The zero-order chi connectivity index (χ0) is 12.9. The predicted molar refractivity (Wildman–Crippen MR) is 79.0 cm³/mol. The topological polar surface area (TPSA) is 26.0 Å². The summed E-state index contributed by atoms with van der Waals surface area (Å²) in [6.07, 6.45) is 14.5. The van der Waals surface area contributed by atoms with E-state index >= 15 is 0 Å². The van der Waals surface area contributed by atoms with Crippen molar-refractivity contribution >= 4 is 0 Å². The third-order valence-electron chi connectivity index (χ3n) is 3.59. The van der Waals surface area contributed by atoms with E-state index < -0.39 is 0 Å². The SMILES string of the molecule is CCCCCCCCCCC(CC)=C(N)CC. The van der Waals surface area contributed by atoms with Crippen molar-refractivity contribution in [3.63, 3.8) is 0 Å². The smallest absolute Gasteiger partial charge is 0.00695 e. The average molecular weight is 239 g/mol. The van der Waals surface area contributed by atoms with Crippen LogP contribution in [-0.2, 0) is 0 Å². The Labute approximate surface area is 109 Å². The summed E-state index contributed by atoms with van der Waals surface area (Å²) < 4.78 is 0. The van der Waals surface area contributed by atoms with Crippen molar-refractivity contribution in [3.8, 4) is 0 Å². The fourth-order valence-electron chi connectivity index (χ4n) is 2.29. The third-order valence-corrected chi connectivity index (χ3v) is 3.59. The maximum Gasteiger partial charge on any atom is 0.00695 e. The molecule has 0 aliphatic carbocycles. The number of allylic oxidation sites excluding steroid dienone is 2. The average Bonchev–Trinajstić information content (AvgIpc) is 2.36. The largest absolute Gasteiger partial charge is 0.402 e. The van der Waals surface area contributed by atoms with Gasteiger partial charge in [0.05, 0.1) is 0 Å². The zero-order valence-corrected chi connectivity index (χ0v) is 12.4. The highest BCUT2D eigenvalue weighted by Gasteiger charge is 2.00. The van der Waals surface area contributed by atoms with Crippen molar-refractivity contribution in [1.29, 1.82) is 0 Å². The van der Waals surface area contributed by atoms with Crippen LogP contribution in [0.5, 0.6) is 0 Å². The van der Waals surface area contributed by atoms with E-state index in [-0.39, 0.29) is 0 Å². The fraction of sp³-hybridized carbons (Fsp3) is 0.875. The van der Waals surface area contributed by atoms with Crippen LogP contribution in [0.1, 0.15) is 91.4 Å². The van der Waals surface area contributed by atoms with Crippen molar-refractivity contribution in [2.75, 3.05) is 0 Å². The fourth-order valence-corrected chi connectivity index (χ4v) is 2.29. The molecule has 0 bridgehead atoms. The molecule has 1 heteroatoms. The van der Waals surface area contributed by atoms with E-state index in [2.05, 4.69) is 20.8 Å². The second-order valence-corrected chi connectivity index (χ2v) is 5.06. The number of nitrogens with two attached hydrogens (primary N) is 1. The molecular weight excluding hydrogens is 206 g/mol. The summed E-state index contributed by atoms with van der Waals surface area (Å²) >= 11 is 0. The molecule has 0 aromatic rings. The van der Waals surface area contributed by atoms with E-state index in [0.29, 0.717) is 0 Å². The van der Waals surface area contributed by atoms with Gasteiger partial charge in [-0.15, -0.1) is 0 Å². The van der Waals surface area contributed by atoms with Gasteiger partial charge in [-0.2, -0.15) is 0 Å². The van der Waals surface area contributed by atoms with Crippen molar-refractivity contribution in [2.24, 2.45) is 5.73 Å². The second-order valence-electron chi connectivity index (χ2n) is 5.06. The van der Waals surface area contributed by atoms with Gasteiger partial charge in [0.15, 0.2) is 0 Å². The van der Waals surface area contributed by atoms with Crippen LogP contribution in [0.25, 0.3) is 0 Å². The summed E-state index contributed by atoms with van der Waals surface area (Å²) in [6, 6.07) is 0. The minimum Gasteiger partial charge on any atom is -0.402 e. The van der Waals surface area contributed by atoms with E-state index in [0.717, 1.165) is 18.5 Å². The molecule has 0 atom stereocenters. The Hall–Kier alpha value is -0.460. The Bertz CT molecular complexity index is 194. The standard InChI is InChI=1S/C16H33N/c1-4-7-8-9-10-11-12-13-14-15(5-2)16(17)6-3/h4-14,17H2,1-3H3. The normalized spacial score (nSPS) is 12.6. The van der Waals surface area contributed by atoms with E-state index in [9.17, 15) is 0 Å². The first kappa shape index (κ1) is 16.5. The summed E-state index contributed by atoms with van der Waals surface area (Å²) in [5.74, 6) is 0. The van der Waals surface area contributed by atoms with Gasteiger partial charge in [-0.05, 0) is 25.7 Å². The molecule has 1 nitrogen and oxygen atoms in total. The molecule has 102 valence electrons. The molecule has 0 fully saturated rings. The predicted octanol–water partition coefficient (Wildman–Crippen LogP) is 5.55. The quantitative estimate of drug-likeness (QED) is 0.470. The van der Waals surface area contributed by atoms with Crippen molar-refractivity contribution < 1.29 is 0 Å². The van der Waals surface area contributed by atoms with Crippen LogP contribution in [-0.4, -0.2) is 0 Å². The van der Waals surface area contributed by atoms with Gasteiger partial charge in [-0.3, -0.25) is 0 Å². The van der Waals surface area contributed by atoms with Crippen molar-refractivity contribution in [2.45, 2.75) is 91.4 Å². The van der Waals surface area contributed by atoms with E-state index in [4.69, 9.17) is 5.73 Å². The van der Waals surface area contributed by atoms with Crippen LogP contribution < -0.4 is 5.73 Å². The van der Waals surface area contributed by atoms with Gasteiger partial charge < -0.3 is 5.73 Å². The Morgan fingerprint density at radius 3 is 1.71 bits per heavy atom. The highest BCUT2D eigenvalue weighted by Crippen LogP contribution is 2.17. The monoisotopic (exact) mass is 239 g/mol. The second kappa shape index (κ2) is 12.0. The molecule has 0 spiro atoms. The Morgan fingerprint density at radius 1 is 0.706 bits per heavy atom. The highest BCUT2D eigenvalue weighted by atomic mass is 14.6. The minimum absolute atomic E-state index is 1.01. The van der Waals surface area contributed by atoms with E-state index in [1.807, 2.05) is 0 Å². The van der Waals surface area contributed by atoms with Crippen LogP contribution >= 0.6 is 0 Å². The van der Waals surface area contributed by atoms with Gasteiger partial charge in [0.1, 0.15) is 0 Å². The maximum absolute atomic E-state index is 6.00. The first-order valence-electron chi connectivity index (χ1n) is 7.72. The molecule has 2 N–H and O–H groups in total. The number of hydrogen-bond donors (Lipinski definition) is 1. The summed E-state index contributed by atoms with van der Waals surface area (Å²) in [6.45, 7) is 6.65. The summed E-state index contributed by atoms with van der Waals surface area (Å²) in [5.41, 5.74) is 8.64. The van der Waals surface area contributed by atoms with Crippen LogP contribution in [0.4, 0.5) is 0 Å². The van der Waals surface area contributed by atoms with E-state index in [1.54, 1.807) is 0 Å². The molecule has 0 aliphatic heterocycles. The Balaban J connectivity index is 3.44.